The quantitative estimate of drug-likeness (QED) is 0.244. The lowest BCUT2D eigenvalue weighted by Gasteiger charge is -2.10. The molecule has 1 aromatic heterocycles. The van der Waals surface area contributed by atoms with Gasteiger partial charge in [0.1, 0.15) is 0 Å². The van der Waals surface area contributed by atoms with Gasteiger partial charge >= 0.3 is 0 Å². The fourth-order valence-electron chi connectivity index (χ4n) is 4.03. The van der Waals surface area contributed by atoms with E-state index < -0.39 is 15.9 Å². The molecule has 0 saturated heterocycles. The molecule has 0 aliphatic carbocycles. The Balaban J connectivity index is 1.64. The SMILES string of the molecule is CCCCCS(=O)(=O)NC(=O)c1ccc2sc(C)c(Cc3ccc4ccccc4c3Br)c2c1. The third kappa shape index (κ3) is 5.31. The van der Waals surface area contributed by atoms with E-state index in [1.807, 2.05) is 31.2 Å². The first-order chi connectivity index (χ1) is 15.8. The van der Waals surface area contributed by atoms with Crippen molar-refractivity contribution < 1.29 is 13.2 Å². The van der Waals surface area contributed by atoms with Crippen LogP contribution < -0.4 is 4.72 Å². The molecular formula is C26H26BrNO3S2. The Morgan fingerprint density at radius 2 is 1.82 bits per heavy atom. The Kier molecular flexibility index (Phi) is 7.22. The van der Waals surface area contributed by atoms with E-state index in [9.17, 15) is 13.2 Å². The van der Waals surface area contributed by atoms with Crippen molar-refractivity contribution in [3.8, 4) is 0 Å². The third-order valence-electron chi connectivity index (χ3n) is 5.83. The summed E-state index contributed by atoms with van der Waals surface area (Å²) in [5.74, 6) is -0.608. The molecule has 33 heavy (non-hydrogen) atoms. The zero-order chi connectivity index (χ0) is 23.6. The van der Waals surface area contributed by atoms with E-state index in [1.165, 1.54) is 21.2 Å². The van der Waals surface area contributed by atoms with Crippen molar-refractivity contribution in [2.24, 2.45) is 0 Å². The molecule has 0 saturated carbocycles. The van der Waals surface area contributed by atoms with Crippen molar-refractivity contribution in [2.75, 3.05) is 5.75 Å². The van der Waals surface area contributed by atoms with E-state index in [4.69, 9.17) is 0 Å². The lowest BCUT2D eigenvalue weighted by molar-refractivity contribution is 0.0981. The van der Waals surface area contributed by atoms with Gasteiger partial charge in [-0.15, -0.1) is 11.3 Å². The van der Waals surface area contributed by atoms with Crippen molar-refractivity contribution in [3.63, 3.8) is 0 Å². The van der Waals surface area contributed by atoms with Crippen LogP contribution in [0.2, 0.25) is 0 Å². The minimum Gasteiger partial charge on any atom is -0.268 e. The summed E-state index contributed by atoms with van der Waals surface area (Å²) >= 11 is 5.47. The fourth-order valence-corrected chi connectivity index (χ4v) is 6.81. The summed E-state index contributed by atoms with van der Waals surface area (Å²) in [6, 6.07) is 17.9. The standard InChI is InChI=1S/C26H26BrNO3S2/c1-3-4-7-14-33(30,31)28-26(29)20-12-13-24-23(16-20)22(17(2)32-24)15-19-11-10-18-8-5-6-9-21(18)25(19)27/h5-6,8-13,16H,3-4,7,14-15H2,1-2H3,(H,28,29). The number of rotatable bonds is 8. The molecule has 4 rings (SSSR count). The Hall–Kier alpha value is -2.22. The number of aryl methyl sites for hydroxylation is 1. The Morgan fingerprint density at radius 1 is 1.03 bits per heavy atom. The molecule has 0 aliphatic rings. The van der Waals surface area contributed by atoms with Gasteiger partial charge in [0.05, 0.1) is 5.75 Å². The highest BCUT2D eigenvalue weighted by molar-refractivity contribution is 9.10. The molecule has 1 N–H and O–H groups in total. The van der Waals surface area contributed by atoms with Gasteiger partial charge in [-0.2, -0.15) is 0 Å². The van der Waals surface area contributed by atoms with Crippen molar-refractivity contribution in [1.82, 2.24) is 4.72 Å². The normalized spacial score (nSPS) is 11.8. The van der Waals surface area contributed by atoms with Gasteiger partial charge < -0.3 is 0 Å². The van der Waals surface area contributed by atoms with Gasteiger partial charge in [-0.05, 0) is 74.8 Å². The third-order valence-corrected chi connectivity index (χ3v) is 9.22. The second-order valence-corrected chi connectivity index (χ2v) is 12.1. The number of thiophene rings is 1. The zero-order valence-electron chi connectivity index (χ0n) is 18.7. The van der Waals surface area contributed by atoms with Gasteiger partial charge in [0.25, 0.3) is 5.91 Å². The van der Waals surface area contributed by atoms with Crippen LogP contribution in [0.15, 0.2) is 59.1 Å². The van der Waals surface area contributed by atoms with Gasteiger partial charge in [-0.3, -0.25) is 4.79 Å². The van der Waals surface area contributed by atoms with Crippen LogP contribution in [-0.2, 0) is 16.4 Å². The average Bonchev–Trinajstić information content (AvgIpc) is 3.09. The summed E-state index contributed by atoms with van der Waals surface area (Å²) in [4.78, 5) is 13.9. The zero-order valence-corrected chi connectivity index (χ0v) is 21.9. The molecule has 0 aliphatic heterocycles. The van der Waals surface area contributed by atoms with Crippen LogP contribution in [0.25, 0.3) is 20.9 Å². The van der Waals surface area contributed by atoms with Crippen LogP contribution in [0.4, 0.5) is 0 Å². The van der Waals surface area contributed by atoms with Crippen LogP contribution in [0.5, 0.6) is 0 Å². The fraction of sp³-hybridized carbons (Fsp3) is 0.269. The highest BCUT2D eigenvalue weighted by atomic mass is 79.9. The van der Waals surface area contributed by atoms with Crippen LogP contribution in [-0.4, -0.2) is 20.1 Å². The number of fused-ring (bicyclic) bond motifs is 2. The number of benzene rings is 3. The van der Waals surface area contributed by atoms with Gasteiger partial charge in [-0.25, -0.2) is 13.1 Å². The molecule has 4 nitrogen and oxygen atoms in total. The summed E-state index contributed by atoms with van der Waals surface area (Å²) in [6.07, 6.45) is 3.01. The molecular weight excluding hydrogens is 518 g/mol. The maximum absolute atomic E-state index is 12.7. The van der Waals surface area contributed by atoms with E-state index in [0.717, 1.165) is 39.4 Å². The number of hydrogen-bond acceptors (Lipinski definition) is 4. The summed E-state index contributed by atoms with van der Waals surface area (Å²) in [5, 5.41) is 3.34. The summed E-state index contributed by atoms with van der Waals surface area (Å²) in [7, 11) is -3.64. The summed E-state index contributed by atoms with van der Waals surface area (Å²) < 4.78 is 28.9. The number of hydrogen-bond donors (Lipinski definition) is 1. The monoisotopic (exact) mass is 543 g/mol. The second-order valence-electron chi connectivity index (χ2n) is 8.24. The number of amides is 1. The largest absolute Gasteiger partial charge is 0.268 e. The molecule has 172 valence electrons. The lowest BCUT2D eigenvalue weighted by Crippen LogP contribution is -2.32. The molecule has 0 radical (unpaired) electrons. The van der Waals surface area contributed by atoms with Gasteiger partial charge in [0.2, 0.25) is 10.0 Å². The lowest BCUT2D eigenvalue weighted by atomic mass is 9.98. The van der Waals surface area contributed by atoms with Crippen molar-refractivity contribution >= 4 is 64.1 Å². The van der Waals surface area contributed by atoms with E-state index >= 15 is 0 Å². The minimum atomic E-state index is -3.64. The topological polar surface area (TPSA) is 63.2 Å². The molecule has 1 heterocycles. The van der Waals surface area contributed by atoms with Crippen LogP contribution >= 0.6 is 27.3 Å². The van der Waals surface area contributed by atoms with Crippen LogP contribution in [0.1, 0.15) is 52.5 Å². The van der Waals surface area contributed by atoms with E-state index in [0.29, 0.717) is 12.0 Å². The van der Waals surface area contributed by atoms with Crippen LogP contribution in [0.3, 0.4) is 0 Å². The van der Waals surface area contributed by atoms with Crippen molar-refractivity contribution in [2.45, 2.75) is 39.5 Å². The molecule has 0 bridgehead atoms. The second kappa shape index (κ2) is 9.95. The molecule has 0 spiro atoms. The number of unbranched alkanes of at least 4 members (excludes halogenated alkanes) is 2. The van der Waals surface area contributed by atoms with Gasteiger partial charge in [-0.1, -0.05) is 56.2 Å². The number of carbonyl (C=O) groups excluding carboxylic acids is 1. The molecule has 0 unspecified atom stereocenters. The van der Waals surface area contributed by atoms with Crippen molar-refractivity contribution in [3.05, 3.63) is 80.6 Å². The number of sulfonamides is 1. The van der Waals surface area contributed by atoms with Crippen LogP contribution in [0, 0.1) is 6.92 Å². The number of nitrogens with one attached hydrogen (secondary N) is 1. The first-order valence-electron chi connectivity index (χ1n) is 11.0. The number of halogens is 1. The molecule has 1 amide bonds. The predicted molar refractivity (Wildman–Crippen MR) is 142 cm³/mol. The smallest absolute Gasteiger partial charge is 0.264 e. The Labute approximate surface area is 207 Å². The molecule has 0 atom stereocenters. The Morgan fingerprint density at radius 3 is 2.61 bits per heavy atom. The maximum atomic E-state index is 12.7. The average molecular weight is 545 g/mol. The molecule has 0 fully saturated rings. The van der Waals surface area contributed by atoms with Crippen molar-refractivity contribution in [1.29, 1.82) is 0 Å². The maximum Gasteiger partial charge on any atom is 0.264 e. The van der Waals surface area contributed by atoms with Gasteiger partial charge in [0, 0.05) is 26.0 Å². The molecule has 4 aromatic rings. The summed E-state index contributed by atoms with van der Waals surface area (Å²) in [5.41, 5.74) is 2.69. The van der Waals surface area contributed by atoms with E-state index in [2.05, 4.69) is 51.8 Å². The summed E-state index contributed by atoms with van der Waals surface area (Å²) in [6.45, 7) is 4.10. The van der Waals surface area contributed by atoms with E-state index in [1.54, 1.807) is 17.4 Å². The molecule has 7 heteroatoms. The van der Waals surface area contributed by atoms with E-state index in [-0.39, 0.29) is 5.75 Å². The minimum absolute atomic E-state index is 0.0341. The Bertz CT molecular complexity index is 1440. The molecule has 3 aromatic carbocycles. The number of carbonyl (C=O) groups is 1. The first kappa shape index (κ1) is 23.9. The predicted octanol–water partition coefficient (Wildman–Crippen LogP) is 6.97. The first-order valence-corrected chi connectivity index (χ1v) is 14.3. The highest BCUT2D eigenvalue weighted by Gasteiger charge is 2.18. The van der Waals surface area contributed by atoms with Gasteiger partial charge in [0.15, 0.2) is 0 Å². The highest BCUT2D eigenvalue weighted by Crippen LogP contribution is 2.36.